The highest BCUT2D eigenvalue weighted by Gasteiger charge is 2.20. The van der Waals surface area contributed by atoms with Crippen LogP contribution in [-0.2, 0) is 9.59 Å². The third-order valence-corrected chi connectivity index (χ3v) is 4.00. The highest BCUT2D eigenvalue weighted by molar-refractivity contribution is 7.80. The van der Waals surface area contributed by atoms with E-state index in [-0.39, 0.29) is 11.8 Å². The molecule has 6 nitrogen and oxygen atoms in total. The van der Waals surface area contributed by atoms with Gasteiger partial charge in [0.1, 0.15) is 0 Å². The maximum absolute atomic E-state index is 11.4. The molecule has 1 aliphatic heterocycles. The van der Waals surface area contributed by atoms with Crippen molar-refractivity contribution in [3.8, 4) is 0 Å². The van der Waals surface area contributed by atoms with Crippen molar-refractivity contribution in [1.29, 1.82) is 0 Å². The van der Waals surface area contributed by atoms with E-state index in [1.165, 1.54) is 0 Å². The maximum atomic E-state index is 11.4. The van der Waals surface area contributed by atoms with Crippen molar-refractivity contribution >= 4 is 40.5 Å². The number of rotatable bonds is 3. The molecule has 0 atom stereocenters. The van der Waals surface area contributed by atoms with Gasteiger partial charge in [0.05, 0.1) is 11.4 Å². The molecule has 1 heterocycles. The van der Waals surface area contributed by atoms with Gasteiger partial charge in [-0.25, -0.2) is 0 Å². The zero-order chi connectivity index (χ0) is 16.8. The molecule has 1 fully saturated rings. The zero-order valence-corrected chi connectivity index (χ0v) is 14.3. The molecule has 7 heteroatoms. The highest BCUT2D eigenvalue weighted by Crippen LogP contribution is 2.26. The Morgan fingerprint density at radius 3 is 2.43 bits per heavy atom. The summed E-state index contributed by atoms with van der Waals surface area (Å²) in [7, 11) is 0. The van der Waals surface area contributed by atoms with Crippen molar-refractivity contribution in [3.63, 3.8) is 0 Å². The Bertz CT molecular complexity index is 597. The Kier molecular flexibility index (Phi) is 5.92. The molecule has 2 N–H and O–H groups in total. The normalized spacial score (nSPS) is 14.3. The number of nitrogens with zero attached hydrogens (tertiary/aromatic N) is 2. The van der Waals surface area contributed by atoms with Gasteiger partial charge >= 0.3 is 0 Å². The molecule has 1 aromatic carbocycles. The van der Waals surface area contributed by atoms with Gasteiger partial charge in [-0.05, 0) is 24.4 Å². The van der Waals surface area contributed by atoms with Crippen LogP contribution in [0.2, 0.25) is 0 Å². The predicted octanol–water partition coefficient (Wildman–Crippen LogP) is 1.58. The molecule has 1 saturated heterocycles. The third-order valence-electron chi connectivity index (χ3n) is 3.79. The average molecular weight is 334 g/mol. The minimum atomic E-state index is -0.116. The minimum Gasteiger partial charge on any atom is -0.366 e. The number of nitrogens with one attached hydrogen (secondary N) is 2. The van der Waals surface area contributed by atoms with Crippen LogP contribution >= 0.6 is 12.2 Å². The van der Waals surface area contributed by atoms with E-state index in [1.807, 2.05) is 29.2 Å². The van der Waals surface area contributed by atoms with Crippen molar-refractivity contribution in [3.05, 3.63) is 24.3 Å². The van der Waals surface area contributed by atoms with E-state index < -0.39 is 0 Å². The Labute approximate surface area is 141 Å². The van der Waals surface area contributed by atoms with Gasteiger partial charge in [-0.1, -0.05) is 19.1 Å². The van der Waals surface area contributed by atoms with Crippen molar-refractivity contribution in [2.24, 2.45) is 0 Å². The molecule has 0 saturated carbocycles. The predicted molar refractivity (Wildman–Crippen MR) is 95.6 cm³/mol. The van der Waals surface area contributed by atoms with Gasteiger partial charge in [-0.15, -0.1) is 0 Å². The summed E-state index contributed by atoms with van der Waals surface area (Å²) >= 11 is 5.18. The molecule has 0 bridgehead atoms. The molecule has 1 aliphatic rings. The number of thiocarbonyl (C=S) groups is 1. The Hall–Kier alpha value is -2.15. The summed E-state index contributed by atoms with van der Waals surface area (Å²) in [5.41, 5.74) is 1.87. The lowest BCUT2D eigenvalue weighted by atomic mass is 10.2. The molecule has 0 spiro atoms. The SMILES string of the molecule is CCC(=O)NC(=S)Nc1ccccc1N1CCN(C(C)=O)CC1. The summed E-state index contributed by atoms with van der Waals surface area (Å²) < 4.78 is 0. The van der Waals surface area contributed by atoms with E-state index in [1.54, 1.807) is 13.8 Å². The smallest absolute Gasteiger partial charge is 0.225 e. The molecular weight excluding hydrogens is 312 g/mol. The lowest BCUT2D eigenvalue weighted by Crippen LogP contribution is -2.48. The molecule has 0 aliphatic carbocycles. The van der Waals surface area contributed by atoms with Gasteiger partial charge < -0.3 is 20.4 Å². The lowest BCUT2D eigenvalue weighted by Gasteiger charge is -2.36. The van der Waals surface area contributed by atoms with Crippen LogP contribution in [0.25, 0.3) is 0 Å². The number of benzene rings is 1. The van der Waals surface area contributed by atoms with Crippen LogP contribution in [0.4, 0.5) is 11.4 Å². The van der Waals surface area contributed by atoms with Crippen LogP contribution in [0, 0.1) is 0 Å². The van der Waals surface area contributed by atoms with Crippen LogP contribution in [0.3, 0.4) is 0 Å². The highest BCUT2D eigenvalue weighted by atomic mass is 32.1. The standard InChI is InChI=1S/C16H22N4O2S/c1-3-15(22)18-16(23)17-13-6-4-5-7-14(13)20-10-8-19(9-11-20)12(2)21/h4-7H,3,8-11H2,1-2H3,(H2,17,18,22,23). The maximum Gasteiger partial charge on any atom is 0.225 e. The second-order valence-corrected chi connectivity index (χ2v) is 5.77. The van der Waals surface area contributed by atoms with E-state index in [2.05, 4.69) is 15.5 Å². The Morgan fingerprint density at radius 2 is 1.83 bits per heavy atom. The van der Waals surface area contributed by atoms with Crippen LogP contribution in [0.1, 0.15) is 20.3 Å². The molecular formula is C16H22N4O2S. The van der Waals surface area contributed by atoms with Crippen LogP contribution in [0.5, 0.6) is 0 Å². The number of hydrogen-bond donors (Lipinski definition) is 2. The van der Waals surface area contributed by atoms with E-state index in [9.17, 15) is 9.59 Å². The quantitative estimate of drug-likeness (QED) is 0.822. The topological polar surface area (TPSA) is 64.7 Å². The number of piperazine rings is 1. The second kappa shape index (κ2) is 7.92. The molecule has 23 heavy (non-hydrogen) atoms. The van der Waals surface area contributed by atoms with Gasteiger partial charge in [-0.2, -0.15) is 0 Å². The van der Waals surface area contributed by atoms with Crippen LogP contribution in [-0.4, -0.2) is 48.0 Å². The number of amides is 2. The fourth-order valence-electron chi connectivity index (χ4n) is 2.49. The molecule has 2 amide bonds. The summed E-state index contributed by atoms with van der Waals surface area (Å²) in [5, 5.41) is 6.02. The van der Waals surface area contributed by atoms with E-state index in [0.29, 0.717) is 24.6 Å². The fourth-order valence-corrected chi connectivity index (χ4v) is 2.71. The summed E-state index contributed by atoms with van der Waals surface area (Å²) in [6, 6.07) is 7.82. The van der Waals surface area contributed by atoms with Gasteiger partial charge in [0.2, 0.25) is 11.8 Å². The third kappa shape index (κ3) is 4.66. The van der Waals surface area contributed by atoms with E-state index in [0.717, 1.165) is 24.5 Å². The van der Waals surface area contributed by atoms with Crippen molar-refractivity contribution < 1.29 is 9.59 Å². The van der Waals surface area contributed by atoms with Gasteiger partial charge in [0, 0.05) is 39.5 Å². The number of carbonyl (C=O) groups excluding carboxylic acids is 2. The first-order valence-corrected chi connectivity index (χ1v) is 8.12. The minimum absolute atomic E-state index is 0.111. The Balaban J connectivity index is 2.05. The van der Waals surface area contributed by atoms with E-state index >= 15 is 0 Å². The van der Waals surface area contributed by atoms with Crippen LogP contribution < -0.4 is 15.5 Å². The summed E-state index contributed by atoms with van der Waals surface area (Å²) in [5.74, 6) is -0.00503. The lowest BCUT2D eigenvalue weighted by molar-refractivity contribution is -0.129. The van der Waals surface area contributed by atoms with Gasteiger partial charge in [-0.3, -0.25) is 9.59 Å². The average Bonchev–Trinajstić information content (AvgIpc) is 2.55. The monoisotopic (exact) mass is 334 g/mol. The van der Waals surface area contributed by atoms with Gasteiger partial charge in [0.15, 0.2) is 5.11 Å². The first kappa shape index (κ1) is 17.2. The summed E-state index contributed by atoms with van der Waals surface area (Å²) in [6.45, 7) is 6.33. The number of anilines is 2. The van der Waals surface area contributed by atoms with Crippen molar-refractivity contribution in [1.82, 2.24) is 10.2 Å². The van der Waals surface area contributed by atoms with Crippen molar-refractivity contribution in [2.75, 3.05) is 36.4 Å². The second-order valence-electron chi connectivity index (χ2n) is 5.37. The number of hydrogen-bond acceptors (Lipinski definition) is 4. The molecule has 2 rings (SSSR count). The zero-order valence-electron chi connectivity index (χ0n) is 13.5. The first-order valence-electron chi connectivity index (χ1n) is 7.71. The van der Waals surface area contributed by atoms with Crippen molar-refractivity contribution in [2.45, 2.75) is 20.3 Å². The molecule has 0 aromatic heterocycles. The molecule has 0 unspecified atom stereocenters. The summed E-state index contributed by atoms with van der Waals surface area (Å²) in [4.78, 5) is 26.9. The Morgan fingerprint density at radius 1 is 1.17 bits per heavy atom. The largest absolute Gasteiger partial charge is 0.366 e. The van der Waals surface area contributed by atoms with E-state index in [4.69, 9.17) is 12.2 Å². The number of para-hydroxylation sites is 2. The number of carbonyl (C=O) groups is 2. The van der Waals surface area contributed by atoms with Gasteiger partial charge in [0.25, 0.3) is 0 Å². The molecule has 0 radical (unpaired) electrons. The van der Waals surface area contributed by atoms with Crippen LogP contribution in [0.15, 0.2) is 24.3 Å². The fraction of sp³-hybridized carbons (Fsp3) is 0.438. The molecule has 124 valence electrons. The molecule has 1 aromatic rings. The first-order chi connectivity index (χ1) is 11.0. The summed E-state index contributed by atoms with van der Waals surface area (Å²) in [6.07, 6.45) is 0.385.